The third-order valence-corrected chi connectivity index (χ3v) is 3.33. The lowest BCUT2D eigenvalue weighted by molar-refractivity contribution is 0.298. The second-order valence-corrected chi connectivity index (χ2v) is 5.66. The maximum Gasteiger partial charge on any atom is 0.119 e. The Morgan fingerprint density at radius 1 is 1.26 bits per heavy atom. The van der Waals surface area contributed by atoms with Crippen LogP contribution in [0.3, 0.4) is 0 Å². The molecular formula is C15H19BrN2O. The normalized spacial score (nSPS) is 12.4. The van der Waals surface area contributed by atoms with Gasteiger partial charge in [-0.3, -0.25) is 0 Å². The van der Waals surface area contributed by atoms with Crippen LogP contribution in [0, 0.1) is 0 Å². The summed E-state index contributed by atoms with van der Waals surface area (Å²) in [6.45, 7) is 3.52. The van der Waals surface area contributed by atoms with E-state index < -0.39 is 0 Å². The Kier molecular flexibility index (Phi) is 5.05. The Balaban J connectivity index is 1.79. The molecular weight excluding hydrogens is 304 g/mol. The zero-order valence-corrected chi connectivity index (χ0v) is 12.6. The lowest BCUT2D eigenvalue weighted by Crippen LogP contribution is -2.17. The van der Waals surface area contributed by atoms with Gasteiger partial charge in [-0.1, -0.05) is 15.9 Å². The molecule has 0 fully saturated rings. The fourth-order valence-corrected chi connectivity index (χ4v) is 2.19. The minimum atomic E-state index is 0.204. The summed E-state index contributed by atoms with van der Waals surface area (Å²) in [4.78, 5) is 0. The number of hydrogen-bond acceptors (Lipinski definition) is 2. The van der Waals surface area contributed by atoms with Crippen LogP contribution in [0.15, 0.2) is 47.2 Å². The summed E-state index contributed by atoms with van der Waals surface area (Å²) in [5.74, 6) is 0.895. The first kappa shape index (κ1) is 14.2. The number of nitrogens with zero attached hydrogens (tertiary/aromatic N) is 1. The summed E-state index contributed by atoms with van der Waals surface area (Å²) in [5, 5.41) is 0. The highest BCUT2D eigenvalue weighted by Crippen LogP contribution is 2.16. The van der Waals surface area contributed by atoms with Crippen molar-refractivity contribution in [2.75, 3.05) is 6.61 Å². The van der Waals surface area contributed by atoms with E-state index in [1.807, 2.05) is 31.2 Å². The molecule has 1 aromatic carbocycles. The van der Waals surface area contributed by atoms with Crippen molar-refractivity contribution < 1.29 is 4.74 Å². The van der Waals surface area contributed by atoms with Gasteiger partial charge in [0.25, 0.3) is 0 Å². The zero-order chi connectivity index (χ0) is 13.7. The molecule has 3 nitrogen and oxygen atoms in total. The Hall–Kier alpha value is -1.26. The highest BCUT2D eigenvalue weighted by Gasteiger charge is 2.00. The van der Waals surface area contributed by atoms with Crippen molar-refractivity contribution in [1.82, 2.24) is 4.57 Å². The van der Waals surface area contributed by atoms with E-state index in [4.69, 9.17) is 10.5 Å². The van der Waals surface area contributed by atoms with E-state index in [1.54, 1.807) is 0 Å². The fraction of sp³-hybridized carbons (Fsp3) is 0.333. The highest BCUT2D eigenvalue weighted by atomic mass is 79.9. The van der Waals surface area contributed by atoms with Crippen LogP contribution in [-0.4, -0.2) is 17.2 Å². The molecule has 0 bridgehead atoms. The fourth-order valence-electron chi connectivity index (χ4n) is 1.92. The molecule has 2 aromatic rings. The number of halogens is 1. The molecule has 0 saturated carbocycles. The quantitative estimate of drug-likeness (QED) is 0.887. The number of hydrogen-bond donors (Lipinski definition) is 1. The summed E-state index contributed by atoms with van der Waals surface area (Å²) >= 11 is 3.40. The van der Waals surface area contributed by atoms with Gasteiger partial charge >= 0.3 is 0 Å². The van der Waals surface area contributed by atoms with Crippen LogP contribution in [0.4, 0.5) is 0 Å². The summed E-state index contributed by atoms with van der Waals surface area (Å²) in [5.41, 5.74) is 7.06. The average molecular weight is 323 g/mol. The Labute approximate surface area is 122 Å². The standard InChI is InChI=1S/C15H19BrN2O/c1-12(17)10-13-6-7-18(11-13)8-9-19-15-4-2-14(16)3-5-15/h2-7,11-12H,8-10,17H2,1H3. The van der Waals surface area contributed by atoms with Gasteiger partial charge in [-0.2, -0.15) is 0 Å². The van der Waals surface area contributed by atoms with Gasteiger partial charge in [0.1, 0.15) is 12.4 Å². The number of nitrogens with two attached hydrogens (primary N) is 1. The van der Waals surface area contributed by atoms with Crippen LogP contribution >= 0.6 is 15.9 Å². The minimum Gasteiger partial charge on any atom is -0.492 e. The van der Waals surface area contributed by atoms with Crippen molar-refractivity contribution in [3.05, 3.63) is 52.8 Å². The minimum absolute atomic E-state index is 0.204. The monoisotopic (exact) mass is 322 g/mol. The maximum absolute atomic E-state index is 5.78. The highest BCUT2D eigenvalue weighted by molar-refractivity contribution is 9.10. The summed E-state index contributed by atoms with van der Waals surface area (Å²) in [6.07, 6.45) is 5.12. The SMILES string of the molecule is CC(N)Cc1ccn(CCOc2ccc(Br)cc2)c1. The van der Waals surface area contributed by atoms with Gasteiger partial charge in [0, 0.05) is 22.9 Å². The lowest BCUT2D eigenvalue weighted by atomic mass is 10.1. The van der Waals surface area contributed by atoms with Crippen LogP contribution in [0.25, 0.3) is 0 Å². The van der Waals surface area contributed by atoms with E-state index in [0.717, 1.165) is 23.2 Å². The molecule has 1 aromatic heterocycles. The smallest absolute Gasteiger partial charge is 0.119 e. The molecule has 1 unspecified atom stereocenters. The van der Waals surface area contributed by atoms with E-state index >= 15 is 0 Å². The third kappa shape index (κ3) is 4.73. The molecule has 1 atom stereocenters. The van der Waals surface area contributed by atoms with Crippen LogP contribution in [-0.2, 0) is 13.0 Å². The number of ether oxygens (including phenoxy) is 1. The van der Waals surface area contributed by atoms with Crippen LogP contribution in [0.1, 0.15) is 12.5 Å². The molecule has 4 heteroatoms. The second-order valence-electron chi connectivity index (χ2n) is 4.74. The second kappa shape index (κ2) is 6.78. The molecule has 0 aliphatic carbocycles. The predicted molar refractivity (Wildman–Crippen MR) is 81.4 cm³/mol. The van der Waals surface area contributed by atoms with Gasteiger partial charge < -0.3 is 15.0 Å². The topological polar surface area (TPSA) is 40.2 Å². The van der Waals surface area contributed by atoms with Crippen LogP contribution < -0.4 is 10.5 Å². The predicted octanol–water partition coefficient (Wildman–Crippen LogP) is 3.22. The van der Waals surface area contributed by atoms with E-state index in [-0.39, 0.29) is 6.04 Å². The number of rotatable bonds is 6. The molecule has 2 N–H and O–H groups in total. The van der Waals surface area contributed by atoms with Gasteiger partial charge in [-0.15, -0.1) is 0 Å². The Morgan fingerprint density at radius 3 is 2.68 bits per heavy atom. The van der Waals surface area contributed by atoms with Crippen LogP contribution in [0.5, 0.6) is 5.75 Å². The van der Waals surface area contributed by atoms with E-state index in [2.05, 4.69) is 39.0 Å². The first-order valence-electron chi connectivity index (χ1n) is 6.42. The Morgan fingerprint density at radius 2 is 2.00 bits per heavy atom. The Bertz CT molecular complexity index is 505. The van der Waals surface area contributed by atoms with Gasteiger partial charge in [-0.25, -0.2) is 0 Å². The van der Waals surface area contributed by atoms with Crippen molar-refractivity contribution in [2.24, 2.45) is 5.73 Å². The largest absolute Gasteiger partial charge is 0.492 e. The molecule has 2 rings (SSSR count). The van der Waals surface area contributed by atoms with Gasteiger partial charge in [-0.05, 0) is 49.2 Å². The van der Waals surface area contributed by atoms with E-state index in [1.165, 1.54) is 5.56 Å². The molecule has 0 radical (unpaired) electrons. The molecule has 0 saturated heterocycles. The molecule has 0 aliphatic heterocycles. The first-order chi connectivity index (χ1) is 9.13. The van der Waals surface area contributed by atoms with Gasteiger partial charge in [0.05, 0.1) is 6.54 Å². The van der Waals surface area contributed by atoms with Crippen LogP contribution in [0.2, 0.25) is 0 Å². The number of benzene rings is 1. The zero-order valence-electron chi connectivity index (χ0n) is 11.1. The maximum atomic E-state index is 5.78. The van der Waals surface area contributed by atoms with Crippen molar-refractivity contribution in [1.29, 1.82) is 0 Å². The van der Waals surface area contributed by atoms with Crippen molar-refractivity contribution in [2.45, 2.75) is 25.9 Å². The molecule has 0 aliphatic rings. The van der Waals surface area contributed by atoms with Gasteiger partial charge in [0.2, 0.25) is 0 Å². The van der Waals surface area contributed by atoms with Gasteiger partial charge in [0.15, 0.2) is 0 Å². The molecule has 102 valence electrons. The summed E-state index contributed by atoms with van der Waals surface area (Å²) in [7, 11) is 0. The van der Waals surface area contributed by atoms with E-state index in [9.17, 15) is 0 Å². The molecule has 0 amide bonds. The van der Waals surface area contributed by atoms with Crippen molar-refractivity contribution in [3.8, 4) is 5.75 Å². The third-order valence-electron chi connectivity index (χ3n) is 2.80. The number of aromatic nitrogens is 1. The van der Waals surface area contributed by atoms with Crippen molar-refractivity contribution >= 4 is 15.9 Å². The lowest BCUT2D eigenvalue weighted by Gasteiger charge is -2.07. The molecule has 19 heavy (non-hydrogen) atoms. The molecule has 1 heterocycles. The summed E-state index contributed by atoms with van der Waals surface area (Å²) in [6, 6.07) is 10.2. The average Bonchev–Trinajstić information content (AvgIpc) is 2.78. The van der Waals surface area contributed by atoms with E-state index in [0.29, 0.717) is 6.61 Å². The summed E-state index contributed by atoms with van der Waals surface area (Å²) < 4.78 is 8.89. The molecule has 0 spiro atoms. The van der Waals surface area contributed by atoms with Crippen molar-refractivity contribution in [3.63, 3.8) is 0 Å². The first-order valence-corrected chi connectivity index (χ1v) is 7.21.